The van der Waals surface area contributed by atoms with Crippen molar-refractivity contribution in [1.29, 1.82) is 0 Å². The molecule has 4 nitrogen and oxygen atoms in total. The van der Waals surface area contributed by atoms with Crippen LogP contribution >= 0.6 is 0 Å². The number of methoxy groups -OCH3 is 1. The van der Waals surface area contributed by atoms with Gasteiger partial charge in [0.25, 0.3) is 0 Å². The minimum atomic E-state index is -0.914. The van der Waals surface area contributed by atoms with Crippen LogP contribution < -0.4 is 0 Å². The highest BCUT2D eigenvalue weighted by Gasteiger charge is 2.01. The van der Waals surface area contributed by atoms with E-state index in [4.69, 9.17) is 14.6 Å². The molecular weight excluding hydrogens is 172 g/mol. The van der Waals surface area contributed by atoms with Crippen LogP contribution in [0.2, 0.25) is 0 Å². The summed E-state index contributed by atoms with van der Waals surface area (Å²) >= 11 is 0. The molecule has 0 spiro atoms. The van der Waals surface area contributed by atoms with Gasteiger partial charge >= 0.3 is 5.97 Å². The highest BCUT2D eigenvalue weighted by Crippen LogP contribution is 1.95. The monoisotopic (exact) mass is 188 g/mol. The first-order valence-electron chi connectivity index (χ1n) is 4.08. The third-order valence-electron chi connectivity index (χ3n) is 1.51. The maximum atomic E-state index is 10.4. The fraction of sp³-hybridized carbons (Fsp3) is 0.667. The molecule has 0 aliphatic heterocycles. The molecule has 0 heterocycles. The molecule has 13 heavy (non-hydrogen) atoms. The number of carbonyl (C=O) groups is 1. The third kappa shape index (κ3) is 6.31. The molecule has 0 aromatic heterocycles. The zero-order valence-electron chi connectivity index (χ0n) is 8.24. The quantitative estimate of drug-likeness (QED) is 0.633. The van der Waals surface area contributed by atoms with Gasteiger partial charge in [-0.25, -0.2) is 4.79 Å². The molecule has 0 rings (SSSR count). The first-order valence-corrected chi connectivity index (χ1v) is 4.08. The zero-order chi connectivity index (χ0) is 10.3. The summed E-state index contributed by atoms with van der Waals surface area (Å²) in [4.78, 5) is 10.4. The smallest absolute Gasteiger partial charge is 0.331 e. The van der Waals surface area contributed by atoms with Crippen LogP contribution in [0.25, 0.3) is 0 Å². The predicted molar refractivity (Wildman–Crippen MR) is 48.7 cm³/mol. The second kappa shape index (κ2) is 6.62. The van der Waals surface area contributed by atoms with Crippen molar-refractivity contribution in [2.45, 2.75) is 20.0 Å². The maximum absolute atomic E-state index is 10.4. The minimum absolute atomic E-state index is 0.0113. The summed E-state index contributed by atoms with van der Waals surface area (Å²) in [5, 5.41) is 8.50. The van der Waals surface area contributed by atoms with Gasteiger partial charge in [0.15, 0.2) is 0 Å². The Bertz CT molecular complexity index is 186. The number of hydrogen-bond donors (Lipinski definition) is 1. The first-order chi connectivity index (χ1) is 6.07. The minimum Gasteiger partial charge on any atom is -0.478 e. The van der Waals surface area contributed by atoms with Crippen molar-refractivity contribution in [3.05, 3.63) is 11.6 Å². The Morgan fingerprint density at radius 3 is 2.69 bits per heavy atom. The lowest BCUT2D eigenvalue weighted by molar-refractivity contribution is -0.132. The molecule has 0 bridgehead atoms. The van der Waals surface area contributed by atoms with E-state index in [1.807, 2.05) is 6.92 Å². The van der Waals surface area contributed by atoms with E-state index in [0.717, 1.165) is 0 Å². The summed E-state index contributed by atoms with van der Waals surface area (Å²) in [5.74, 6) is -0.914. The van der Waals surface area contributed by atoms with Crippen LogP contribution in [0.4, 0.5) is 0 Å². The number of ether oxygens (including phenoxy) is 2. The number of hydrogen-bond acceptors (Lipinski definition) is 3. The molecule has 0 aromatic rings. The van der Waals surface area contributed by atoms with Crippen LogP contribution in [0, 0.1) is 0 Å². The number of carboxylic acid groups (broad SMARTS) is 1. The Kier molecular flexibility index (Phi) is 6.18. The average molecular weight is 188 g/mol. The third-order valence-corrected chi connectivity index (χ3v) is 1.51. The molecule has 0 fully saturated rings. The molecule has 1 N–H and O–H groups in total. The Hall–Kier alpha value is -0.870. The van der Waals surface area contributed by atoms with Crippen molar-refractivity contribution in [3.8, 4) is 0 Å². The van der Waals surface area contributed by atoms with Gasteiger partial charge in [0, 0.05) is 12.7 Å². The van der Waals surface area contributed by atoms with Gasteiger partial charge < -0.3 is 14.6 Å². The van der Waals surface area contributed by atoms with Crippen LogP contribution in [0.1, 0.15) is 13.8 Å². The molecule has 0 saturated heterocycles. The van der Waals surface area contributed by atoms with E-state index in [2.05, 4.69) is 0 Å². The van der Waals surface area contributed by atoms with Gasteiger partial charge in [-0.15, -0.1) is 0 Å². The molecular formula is C9H16O4. The summed E-state index contributed by atoms with van der Waals surface area (Å²) in [6.45, 7) is 4.22. The van der Waals surface area contributed by atoms with Crippen molar-refractivity contribution in [2.75, 3.05) is 20.3 Å². The molecule has 4 heteroatoms. The van der Waals surface area contributed by atoms with Gasteiger partial charge in [0.1, 0.15) is 0 Å². The fourth-order valence-corrected chi connectivity index (χ4v) is 0.708. The van der Waals surface area contributed by atoms with Gasteiger partial charge in [-0.3, -0.25) is 0 Å². The maximum Gasteiger partial charge on any atom is 0.331 e. The second-order valence-corrected chi connectivity index (χ2v) is 2.79. The van der Waals surface area contributed by atoms with Crippen LogP contribution in [-0.4, -0.2) is 37.5 Å². The van der Waals surface area contributed by atoms with Crippen molar-refractivity contribution < 1.29 is 19.4 Å². The average Bonchev–Trinajstić information content (AvgIpc) is 2.04. The van der Waals surface area contributed by atoms with E-state index in [1.54, 1.807) is 7.11 Å². The van der Waals surface area contributed by atoms with Crippen LogP contribution in [0.3, 0.4) is 0 Å². The van der Waals surface area contributed by atoms with Crippen LogP contribution in [0.5, 0.6) is 0 Å². The second-order valence-electron chi connectivity index (χ2n) is 2.79. The van der Waals surface area contributed by atoms with Crippen molar-refractivity contribution >= 4 is 5.97 Å². The molecule has 76 valence electrons. The van der Waals surface area contributed by atoms with E-state index in [0.29, 0.717) is 18.8 Å². The largest absolute Gasteiger partial charge is 0.478 e. The molecule has 0 saturated carbocycles. The highest BCUT2D eigenvalue weighted by atomic mass is 16.5. The van der Waals surface area contributed by atoms with Crippen molar-refractivity contribution in [2.24, 2.45) is 0 Å². The molecule has 0 amide bonds. The van der Waals surface area contributed by atoms with Gasteiger partial charge in [0.05, 0.1) is 19.3 Å². The Morgan fingerprint density at radius 1 is 1.62 bits per heavy atom. The fourth-order valence-electron chi connectivity index (χ4n) is 0.708. The van der Waals surface area contributed by atoms with E-state index >= 15 is 0 Å². The lowest BCUT2D eigenvalue weighted by Gasteiger charge is -2.09. The summed E-state index contributed by atoms with van der Waals surface area (Å²) in [6.07, 6.45) is 1.52. The molecule has 0 aromatic carbocycles. The number of carboxylic acids is 1. The zero-order valence-corrected chi connectivity index (χ0v) is 8.24. The predicted octanol–water partition coefficient (Wildman–Crippen LogP) is 1.07. The lowest BCUT2D eigenvalue weighted by Crippen LogP contribution is -2.15. The topological polar surface area (TPSA) is 55.8 Å². The van der Waals surface area contributed by atoms with Gasteiger partial charge in [0.2, 0.25) is 0 Å². The van der Waals surface area contributed by atoms with Crippen molar-refractivity contribution in [3.63, 3.8) is 0 Å². The molecule has 0 aliphatic rings. The van der Waals surface area contributed by atoms with Crippen molar-refractivity contribution in [1.82, 2.24) is 0 Å². The standard InChI is InChI=1S/C9H16O4/c1-7(9(10)11)4-5-13-8(2)6-12-3/h4,8H,5-6H2,1-3H3,(H,10,11). The number of rotatable bonds is 6. The van der Waals surface area contributed by atoms with Crippen LogP contribution in [0.15, 0.2) is 11.6 Å². The summed E-state index contributed by atoms with van der Waals surface area (Å²) < 4.78 is 10.1. The normalized spacial score (nSPS) is 14.2. The Balaban J connectivity index is 3.65. The van der Waals surface area contributed by atoms with E-state index in [-0.39, 0.29) is 6.10 Å². The summed E-state index contributed by atoms with van der Waals surface area (Å²) in [7, 11) is 1.60. The molecule has 0 radical (unpaired) electrons. The van der Waals surface area contributed by atoms with E-state index < -0.39 is 5.97 Å². The number of aliphatic carboxylic acids is 1. The van der Waals surface area contributed by atoms with E-state index in [9.17, 15) is 4.79 Å². The molecule has 1 unspecified atom stereocenters. The van der Waals surface area contributed by atoms with Gasteiger partial charge in [-0.05, 0) is 19.9 Å². The Morgan fingerprint density at radius 2 is 2.23 bits per heavy atom. The lowest BCUT2D eigenvalue weighted by atomic mass is 10.3. The first kappa shape index (κ1) is 12.1. The Labute approximate surface area is 78.2 Å². The molecule has 1 atom stereocenters. The van der Waals surface area contributed by atoms with E-state index in [1.165, 1.54) is 13.0 Å². The van der Waals surface area contributed by atoms with Crippen LogP contribution in [-0.2, 0) is 14.3 Å². The SMILES string of the molecule is COCC(C)OCC=C(C)C(=O)O. The summed E-state index contributed by atoms with van der Waals surface area (Å²) in [5.41, 5.74) is 0.296. The van der Waals surface area contributed by atoms with Gasteiger partial charge in [-0.2, -0.15) is 0 Å². The van der Waals surface area contributed by atoms with Gasteiger partial charge in [-0.1, -0.05) is 0 Å². The highest BCUT2D eigenvalue weighted by molar-refractivity contribution is 5.85. The summed E-state index contributed by atoms with van der Waals surface area (Å²) in [6, 6.07) is 0. The molecule has 0 aliphatic carbocycles.